The van der Waals surface area contributed by atoms with Gasteiger partial charge in [0.2, 0.25) is 0 Å². The molecule has 17 heavy (non-hydrogen) atoms. The number of aldehydes is 1. The van der Waals surface area contributed by atoms with Crippen molar-refractivity contribution in [1.29, 1.82) is 0 Å². The molecule has 1 amide bonds. The van der Waals surface area contributed by atoms with Gasteiger partial charge in [0, 0.05) is 6.04 Å². The minimum absolute atomic E-state index is 0.237. The van der Waals surface area contributed by atoms with Crippen LogP contribution in [0.1, 0.15) is 33.6 Å². The number of amides is 1. The molecule has 3 aliphatic rings. The largest absolute Gasteiger partial charge is 0.444 e. The number of likely N-dealkylation sites (tertiary alicyclic amines) is 1. The number of fused-ring (bicyclic) bond motifs is 5. The average Bonchev–Trinajstić information content (AvgIpc) is 2.82. The summed E-state index contributed by atoms with van der Waals surface area (Å²) in [5, 5.41) is 0. The second-order valence-corrected chi connectivity index (χ2v) is 6.54. The molecule has 4 nitrogen and oxygen atoms in total. The lowest BCUT2D eigenvalue weighted by Crippen LogP contribution is -2.48. The maximum Gasteiger partial charge on any atom is 0.411 e. The molecule has 0 aromatic carbocycles. The van der Waals surface area contributed by atoms with Crippen LogP contribution in [0.3, 0.4) is 0 Å². The number of carbonyl (C=O) groups excluding carboxylic acids is 2. The van der Waals surface area contributed by atoms with Crippen molar-refractivity contribution in [3.63, 3.8) is 0 Å². The van der Waals surface area contributed by atoms with E-state index in [9.17, 15) is 9.59 Å². The first kappa shape index (κ1) is 11.1. The van der Waals surface area contributed by atoms with Crippen molar-refractivity contribution in [3.05, 3.63) is 0 Å². The van der Waals surface area contributed by atoms with Gasteiger partial charge in [0.25, 0.3) is 0 Å². The Morgan fingerprint density at radius 1 is 1.24 bits per heavy atom. The monoisotopic (exact) mass is 237 g/mol. The van der Waals surface area contributed by atoms with Crippen LogP contribution in [0, 0.1) is 17.8 Å². The van der Waals surface area contributed by atoms with Crippen LogP contribution >= 0.6 is 0 Å². The zero-order chi connectivity index (χ0) is 12.4. The zero-order valence-corrected chi connectivity index (χ0v) is 10.6. The first-order valence-corrected chi connectivity index (χ1v) is 6.39. The first-order valence-electron chi connectivity index (χ1n) is 6.39. The summed E-state index contributed by atoms with van der Waals surface area (Å²) in [5.74, 6) is 1.74. The minimum Gasteiger partial charge on any atom is -0.444 e. The Kier molecular flexibility index (Phi) is 2.11. The van der Waals surface area contributed by atoms with Crippen LogP contribution in [0.25, 0.3) is 0 Å². The topological polar surface area (TPSA) is 46.6 Å². The fourth-order valence-corrected chi connectivity index (χ4v) is 3.68. The molecule has 2 bridgehead atoms. The van der Waals surface area contributed by atoms with Crippen LogP contribution in [-0.4, -0.2) is 35.0 Å². The molecule has 0 aromatic heterocycles. The molecule has 5 unspecified atom stereocenters. The molecule has 94 valence electrons. The Balaban J connectivity index is 1.78. The lowest BCUT2D eigenvalue weighted by molar-refractivity contribution is -0.114. The van der Waals surface area contributed by atoms with Crippen LogP contribution in [0.5, 0.6) is 0 Å². The van der Waals surface area contributed by atoms with Gasteiger partial charge in [-0.1, -0.05) is 0 Å². The molecule has 2 saturated carbocycles. The summed E-state index contributed by atoms with van der Waals surface area (Å²) < 4.78 is 5.40. The molecule has 5 atom stereocenters. The quantitative estimate of drug-likeness (QED) is 0.654. The normalized spacial score (nSPS) is 42.3. The fraction of sp³-hybridized carbons (Fsp3) is 0.846. The van der Waals surface area contributed by atoms with E-state index in [-0.39, 0.29) is 18.2 Å². The molecule has 3 fully saturated rings. The SMILES string of the molecule is CC(C)(C)OC(=O)N1C(C=O)C2CC1C1CC21. The number of hydrogen-bond acceptors (Lipinski definition) is 3. The molecular weight excluding hydrogens is 218 g/mol. The molecule has 0 radical (unpaired) electrons. The number of carbonyl (C=O) groups is 2. The van der Waals surface area contributed by atoms with Crippen molar-refractivity contribution in [2.24, 2.45) is 17.8 Å². The Bertz CT molecular complexity index is 373. The van der Waals surface area contributed by atoms with Crippen LogP contribution in [-0.2, 0) is 9.53 Å². The Hall–Kier alpha value is -1.06. The van der Waals surface area contributed by atoms with Crippen molar-refractivity contribution >= 4 is 12.4 Å². The predicted molar refractivity (Wildman–Crippen MR) is 61.4 cm³/mol. The molecule has 0 aromatic rings. The molecule has 2 aliphatic carbocycles. The van der Waals surface area contributed by atoms with E-state index in [1.165, 1.54) is 6.42 Å². The number of piperidine rings is 1. The smallest absolute Gasteiger partial charge is 0.411 e. The van der Waals surface area contributed by atoms with E-state index in [1.807, 2.05) is 20.8 Å². The van der Waals surface area contributed by atoms with Gasteiger partial charge in [0.1, 0.15) is 11.9 Å². The molecule has 0 N–H and O–H groups in total. The van der Waals surface area contributed by atoms with E-state index < -0.39 is 5.60 Å². The van der Waals surface area contributed by atoms with Gasteiger partial charge in [-0.05, 0) is 51.4 Å². The molecule has 1 saturated heterocycles. The summed E-state index contributed by atoms with van der Waals surface area (Å²) in [6.45, 7) is 5.57. The van der Waals surface area contributed by atoms with E-state index >= 15 is 0 Å². The molecule has 0 spiro atoms. The van der Waals surface area contributed by atoms with Crippen molar-refractivity contribution in [1.82, 2.24) is 4.90 Å². The molecular formula is C13H19NO3. The second-order valence-electron chi connectivity index (χ2n) is 6.54. The van der Waals surface area contributed by atoms with E-state index in [2.05, 4.69) is 0 Å². The van der Waals surface area contributed by atoms with Gasteiger partial charge >= 0.3 is 6.09 Å². The van der Waals surface area contributed by atoms with E-state index in [0.717, 1.165) is 12.7 Å². The Morgan fingerprint density at radius 3 is 2.53 bits per heavy atom. The van der Waals surface area contributed by atoms with Crippen molar-refractivity contribution in [2.75, 3.05) is 0 Å². The standard InChI is InChI=1S/C13H19NO3/c1-13(2,3)17-12(16)14-10-5-9(11(14)6-15)7-4-8(7)10/h6-11H,4-5H2,1-3H3. The number of ether oxygens (including phenoxy) is 1. The van der Waals surface area contributed by atoms with Crippen LogP contribution in [0.2, 0.25) is 0 Å². The fourth-order valence-electron chi connectivity index (χ4n) is 3.68. The van der Waals surface area contributed by atoms with Crippen LogP contribution < -0.4 is 0 Å². The first-order chi connectivity index (χ1) is 7.92. The van der Waals surface area contributed by atoms with Crippen molar-refractivity contribution < 1.29 is 14.3 Å². The Morgan fingerprint density at radius 2 is 1.94 bits per heavy atom. The maximum absolute atomic E-state index is 12.1. The van der Waals surface area contributed by atoms with Crippen LogP contribution in [0.4, 0.5) is 4.79 Å². The highest BCUT2D eigenvalue weighted by Gasteiger charge is 2.66. The summed E-state index contributed by atoms with van der Waals surface area (Å²) in [4.78, 5) is 25.0. The van der Waals surface area contributed by atoms with E-state index in [4.69, 9.17) is 4.74 Å². The summed E-state index contributed by atoms with van der Waals surface area (Å²) in [7, 11) is 0. The number of nitrogens with zero attached hydrogens (tertiary/aromatic N) is 1. The third-order valence-electron chi connectivity index (χ3n) is 4.31. The molecule has 3 rings (SSSR count). The predicted octanol–water partition coefficient (Wildman–Crippen LogP) is 1.83. The summed E-state index contributed by atoms with van der Waals surface area (Å²) in [6.07, 6.45) is 2.81. The third-order valence-corrected chi connectivity index (χ3v) is 4.31. The summed E-state index contributed by atoms with van der Waals surface area (Å²) in [6, 6.07) is 0.0219. The molecule has 4 heteroatoms. The minimum atomic E-state index is -0.491. The summed E-state index contributed by atoms with van der Waals surface area (Å²) >= 11 is 0. The van der Waals surface area contributed by atoms with Gasteiger partial charge < -0.3 is 9.53 Å². The van der Waals surface area contributed by atoms with E-state index in [1.54, 1.807) is 4.90 Å². The van der Waals surface area contributed by atoms with Gasteiger partial charge in [-0.2, -0.15) is 0 Å². The Labute approximate surface area is 101 Å². The third kappa shape index (κ3) is 1.57. The zero-order valence-electron chi connectivity index (χ0n) is 10.6. The number of rotatable bonds is 1. The lowest BCUT2D eigenvalue weighted by Gasteiger charge is -2.33. The maximum atomic E-state index is 12.1. The van der Waals surface area contributed by atoms with Gasteiger partial charge in [-0.15, -0.1) is 0 Å². The van der Waals surface area contributed by atoms with Gasteiger partial charge in [0.05, 0.1) is 6.04 Å². The van der Waals surface area contributed by atoms with Gasteiger partial charge in [0.15, 0.2) is 0 Å². The average molecular weight is 237 g/mol. The van der Waals surface area contributed by atoms with Gasteiger partial charge in [-0.25, -0.2) is 4.79 Å². The second kappa shape index (κ2) is 3.24. The highest BCUT2D eigenvalue weighted by Crippen LogP contribution is 2.63. The summed E-state index contributed by atoms with van der Waals surface area (Å²) in [5.41, 5.74) is -0.491. The van der Waals surface area contributed by atoms with Crippen molar-refractivity contribution in [2.45, 2.75) is 51.3 Å². The lowest BCUT2D eigenvalue weighted by atomic mass is 9.98. The van der Waals surface area contributed by atoms with Gasteiger partial charge in [-0.3, -0.25) is 4.90 Å². The highest BCUT2D eigenvalue weighted by atomic mass is 16.6. The highest BCUT2D eigenvalue weighted by molar-refractivity contribution is 5.76. The van der Waals surface area contributed by atoms with Crippen LogP contribution in [0.15, 0.2) is 0 Å². The molecule has 1 heterocycles. The molecule has 1 aliphatic heterocycles. The van der Waals surface area contributed by atoms with Crippen molar-refractivity contribution in [3.8, 4) is 0 Å². The number of hydrogen-bond donors (Lipinski definition) is 0. The van der Waals surface area contributed by atoms with E-state index in [0.29, 0.717) is 17.8 Å².